The van der Waals surface area contributed by atoms with Gasteiger partial charge in [0.15, 0.2) is 6.61 Å². The van der Waals surface area contributed by atoms with Crippen molar-refractivity contribution in [1.82, 2.24) is 0 Å². The number of esters is 2. The SMILES string of the molecule is CCOC(=O)COC(=O)/C=C(\C)N. The van der Waals surface area contributed by atoms with Crippen LogP contribution in [0.25, 0.3) is 0 Å². The first-order valence-corrected chi connectivity index (χ1v) is 3.82. The predicted molar refractivity (Wildman–Crippen MR) is 45.5 cm³/mol. The normalized spacial score (nSPS) is 10.8. The molecule has 5 heteroatoms. The quantitative estimate of drug-likeness (QED) is 0.493. The molecule has 13 heavy (non-hydrogen) atoms. The summed E-state index contributed by atoms with van der Waals surface area (Å²) in [5, 5.41) is 0. The molecule has 0 heterocycles. The lowest BCUT2D eigenvalue weighted by atomic mass is 10.4. The van der Waals surface area contributed by atoms with Gasteiger partial charge in [-0.1, -0.05) is 0 Å². The molecule has 0 saturated heterocycles. The van der Waals surface area contributed by atoms with E-state index in [0.717, 1.165) is 6.08 Å². The van der Waals surface area contributed by atoms with Crippen LogP contribution in [0.15, 0.2) is 11.8 Å². The van der Waals surface area contributed by atoms with Gasteiger partial charge in [-0.25, -0.2) is 9.59 Å². The first-order chi connectivity index (χ1) is 6.06. The Morgan fingerprint density at radius 2 is 2.00 bits per heavy atom. The minimum atomic E-state index is -0.645. The first kappa shape index (κ1) is 11.5. The molecule has 0 fully saturated rings. The van der Waals surface area contributed by atoms with Crippen molar-refractivity contribution in [1.29, 1.82) is 0 Å². The van der Waals surface area contributed by atoms with E-state index < -0.39 is 11.9 Å². The molecule has 0 aliphatic heterocycles. The Bertz CT molecular complexity index is 218. The largest absolute Gasteiger partial charge is 0.463 e. The molecule has 0 radical (unpaired) electrons. The first-order valence-electron chi connectivity index (χ1n) is 3.82. The van der Waals surface area contributed by atoms with Crippen molar-refractivity contribution in [3.8, 4) is 0 Å². The van der Waals surface area contributed by atoms with Crippen molar-refractivity contribution in [3.63, 3.8) is 0 Å². The molecule has 0 rings (SSSR count). The lowest BCUT2D eigenvalue weighted by Crippen LogP contribution is -2.15. The lowest BCUT2D eigenvalue weighted by Gasteiger charge is -2.01. The van der Waals surface area contributed by atoms with Crippen molar-refractivity contribution >= 4 is 11.9 Å². The Morgan fingerprint density at radius 1 is 1.38 bits per heavy atom. The summed E-state index contributed by atoms with van der Waals surface area (Å²) in [6.07, 6.45) is 1.10. The van der Waals surface area contributed by atoms with Crippen molar-refractivity contribution in [2.24, 2.45) is 5.73 Å². The number of ether oxygens (including phenoxy) is 2. The van der Waals surface area contributed by atoms with Gasteiger partial charge in [-0.2, -0.15) is 0 Å². The van der Waals surface area contributed by atoms with Crippen LogP contribution in [-0.2, 0) is 19.1 Å². The van der Waals surface area contributed by atoms with Gasteiger partial charge in [0.2, 0.25) is 0 Å². The highest BCUT2D eigenvalue weighted by Crippen LogP contribution is 1.87. The molecule has 74 valence electrons. The van der Waals surface area contributed by atoms with Gasteiger partial charge in [-0.15, -0.1) is 0 Å². The van der Waals surface area contributed by atoms with Gasteiger partial charge in [0.1, 0.15) is 0 Å². The molecule has 0 atom stereocenters. The molecule has 2 N–H and O–H groups in total. The Labute approximate surface area is 76.5 Å². The highest BCUT2D eigenvalue weighted by atomic mass is 16.6. The number of carbonyl (C=O) groups excluding carboxylic acids is 2. The summed E-state index contributed by atoms with van der Waals surface area (Å²) in [7, 11) is 0. The zero-order chi connectivity index (χ0) is 10.3. The van der Waals surface area contributed by atoms with Gasteiger partial charge in [-0.05, 0) is 13.8 Å². The Balaban J connectivity index is 3.71. The van der Waals surface area contributed by atoms with Gasteiger partial charge in [0, 0.05) is 11.8 Å². The van der Waals surface area contributed by atoms with Crippen molar-refractivity contribution in [2.45, 2.75) is 13.8 Å². The van der Waals surface area contributed by atoms with Crippen LogP contribution in [0.3, 0.4) is 0 Å². The fourth-order valence-corrected chi connectivity index (χ4v) is 0.560. The van der Waals surface area contributed by atoms with E-state index in [0.29, 0.717) is 5.70 Å². The highest BCUT2D eigenvalue weighted by Gasteiger charge is 2.04. The zero-order valence-electron chi connectivity index (χ0n) is 7.70. The Kier molecular flexibility index (Phi) is 5.34. The number of rotatable bonds is 4. The van der Waals surface area contributed by atoms with E-state index >= 15 is 0 Å². The van der Waals surface area contributed by atoms with E-state index in [9.17, 15) is 9.59 Å². The third kappa shape index (κ3) is 6.86. The van der Waals surface area contributed by atoms with Crippen LogP contribution < -0.4 is 5.73 Å². The third-order valence-electron chi connectivity index (χ3n) is 0.983. The standard InChI is InChI=1S/C8H13NO4/c1-3-12-8(11)5-13-7(10)4-6(2)9/h4H,3,5,9H2,1-2H3/b6-4+. The number of hydrogen-bond acceptors (Lipinski definition) is 5. The van der Waals surface area contributed by atoms with Gasteiger partial charge >= 0.3 is 11.9 Å². The van der Waals surface area contributed by atoms with E-state index in [4.69, 9.17) is 5.73 Å². The summed E-state index contributed by atoms with van der Waals surface area (Å²) in [6.45, 7) is 3.11. The van der Waals surface area contributed by atoms with Crippen LogP contribution in [0.4, 0.5) is 0 Å². The number of allylic oxidation sites excluding steroid dienone is 1. The van der Waals surface area contributed by atoms with E-state index in [1.54, 1.807) is 13.8 Å². The number of carbonyl (C=O) groups is 2. The lowest BCUT2D eigenvalue weighted by molar-refractivity contribution is -0.155. The number of nitrogens with two attached hydrogens (primary N) is 1. The van der Waals surface area contributed by atoms with Crippen molar-refractivity contribution in [2.75, 3.05) is 13.2 Å². The van der Waals surface area contributed by atoms with Gasteiger partial charge < -0.3 is 15.2 Å². The number of hydrogen-bond donors (Lipinski definition) is 1. The maximum atomic E-state index is 10.8. The fourth-order valence-electron chi connectivity index (χ4n) is 0.560. The monoisotopic (exact) mass is 187 g/mol. The average Bonchev–Trinajstić information content (AvgIpc) is 2.00. The molecule has 0 unspecified atom stereocenters. The van der Waals surface area contributed by atoms with Crippen LogP contribution in [0.5, 0.6) is 0 Å². The van der Waals surface area contributed by atoms with Crippen LogP contribution in [0, 0.1) is 0 Å². The minimum absolute atomic E-state index is 0.266. The van der Waals surface area contributed by atoms with Crippen LogP contribution in [0.1, 0.15) is 13.8 Å². The van der Waals surface area contributed by atoms with Crippen LogP contribution in [0.2, 0.25) is 0 Å². The molecule has 0 aliphatic rings. The summed E-state index contributed by atoms with van der Waals surface area (Å²) in [5.74, 6) is -1.22. The predicted octanol–water partition coefficient (Wildman–Crippen LogP) is -0.0448. The molecule has 0 aromatic heterocycles. The van der Waals surface area contributed by atoms with E-state index in [1.807, 2.05) is 0 Å². The summed E-state index contributed by atoms with van der Waals surface area (Å²) in [4.78, 5) is 21.5. The molecule has 0 aliphatic carbocycles. The molecule has 0 aromatic rings. The molecule has 0 bridgehead atoms. The summed E-state index contributed by atoms with van der Waals surface area (Å²) < 4.78 is 9.03. The molecular formula is C8H13NO4. The molecule has 0 amide bonds. The second-order valence-corrected chi connectivity index (χ2v) is 2.30. The molecule has 0 spiro atoms. The van der Waals surface area contributed by atoms with E-state index in [-0.39, 0.29) is 13.2 Å². The average molecular weight is 187 g/mol. The fraction of sp³-hybridized carbons (Fsp3) is 0.500. The van der Waals surface area contributed by atoms with Crippen molar-refractivity contribution < 1.29 is 19.1 Å². The third-order valence-corrected chi connectivity index (χ3v) is 0.983. The zero-order valence-corrected chi connectivity index (χ0v) is 7.70. The second kappa shape index (κ2) is 6.05. The highest BCUT2D eigenvalue weighted by molar-refractivity contribution is 5.84. The maximum Gasteiger partial charge on any atom is 0.344 e. The van der Waals surface area contributed by atoms with Crippen LogP contribution >= 0.6 is 0 Å². The van der Waals surface area contributed by atoms with E-state index in [2.05, 4.69) is 9.47 Å². The minimum Gasteiger partial charge on any atom is -0.463 e. The van der Waals surface area contributed by atoms with Crippen molar-refractivity contribution in [3.05, 3.63) is 11.8 Å². The van der Waals surface area contributed by atoms with Crippen LogP contribution in [-0.4, -0.2) is 25.2 Å². The van der Waals surface area contributed by atoms with E-state index in [1.165, 1.54) is 0 Å². The molecular weight excluding hydrogens is 174 g/mol. The van der Waals surface area contributed by atoms with Gasteiger partial charge in [-0.3, -0.25) is 0 Å². The second-order valence-electron chi connectivity index (χ2n) is 2.30. The summed E-state index contributed by atoms with van der Waals surface area (Å²) in [5.41, 5.74) is 5.53. The summed E-state index contributed by atoms with van der Waals surface area (Å²) in [6, 6.07) is 0. The maximum absolute atomic E-state index is 10.8. The summed E-state index contributed by atoms with van der Waals surface area (Å²) >= 11 is 0. The Morgan fingerprint density at radius 3 is 2.46 bits per heavy atom. The molecule has 0 saturated carbocycles. The topological polar surface area (TPSA) is 78.6 Å². The van der Waals surface area contributed by atoms with Gasteiger partial charge in [0.05, 0.1) is 6.61 Å². The molecule has 5 nitrogen and oxygen atoms in total. The Hall–Kier alpha value is -1.52. The molecule has 0 aromatic carbocycles. The van der Waals surface area contributed by atoms with Gasteiger partial charge in [0.25, 0.3) is 0 Å². The smallest absolute Gasteiger partial charge is 0.344 e.